The molecule has 2 fully saturated rings. The average molecular weight is 257 g/mol. The zero-order chi connectivity index (χ0) is 12.5. The van der Waals surface area contributed by atoms with E-state index < -0.39 is 0 Å². The van der Waals surface area contributed by atoms with Crippen LogP contribution in [0.4, 0.5) is 0 Å². The Hall–Kier alpha value is -0.0500. The zero-order valence-corrected chi connectivity index (χ0v) is 12.1. The zero-order valence-electron chi connectivity index (χ0n) is 11.3. The van der Waals surface area contributed by atoms with Gasteiger partial charge in [0.15, 0.2) is 0 Å². The first-order valence-electron chi connectivity index (χ1n) is 6.84. The largest absolute Gasteiger partial charge is 0.311 e. The third-order valence-electron chi connectivity index (χ3n) is 4.49. The van der Waals surface area contributed by atoms with Gasteiger partial charge in [-0.3, -0.25) is 4.90 Å². The van der Waals surface area contributed by atoms with Crippen LogP contribution in [0, 0.1) is 5.92 Å². The molecular weight excluding hydrogens is 232 g/mol. The summed E-state index contributed by atoms with van der Waals surface area (Å²) >= 11 is 5.83. The highest BCUT2D eigenvalue weighted by Gasteiger charge is 2.47. The van der Waals surface area contributed by atoms with E-state index in [2.05, 4.69) is 31.0 Å². The lowest BCUT2D eigenvalue weighted by Crippen LogP contribution is -2.64. The minimum absolute atomic E-state index is 0.340. The molecule has 3 heteroatoms. The van der Waals surface area contributed by atoms with Crippen molar-refractivity contribution in [2.75, 3.05) is 19.6 Å². The smallest absolute Gasteiger partial charge is 0.0338 e. The number of nitrogens with one attached hydrogen (secondary N) is 1. The van der Waals surface area contributed by atoms with Crippen molar-refractivity contribution in [3.63, 3.8) is 0 Å². The van der Waals surface area contributed by atoms with E-state index in [0.29, 0.717) is 11.6 Å². The van der Waals surface area contributed by atoms with E-state index in [9.17, 15) is 0 Å². The molecule has 2 aliphatic rings. The molecule has 1 aliphatic heterocycles. The van der Waals surface area contributed by atoms with Gasteiger partial charge in [0.05, 0.1) is 0 Å². The summed E-state index contributed by atoms with van der Waals surface area (Å²) in [5, 5.41) is 3.71. The SMILES string of the molecule is CCC1CN(CC(C)=CCl)C(C)(C2CC2)CN1. The van der Waals surface area contributed by atoms with Gasteiger partial charge in [0.25, 0.3) is 0 Å². The lowest BCUT2D eigenvalue weighted by atomic mass is 9.88. The van der Waals surface area contributed by atoms with Crippen molar-refractivity contribution in [1.29, 1.82) is 0 Å². The highest BCUT2D eigenvalue weighted by molar-refractivity contribution is 6.25. The van der Waals surface area contributed by atoms with E-state index in [1.807, 2.05) is 0 Å². The van der Waals surface area contributed by atoms with Crippen LogP contribution in [0.3, 0.4) is 0 Å². The van der Waals surface area contributed by atoms with Crippen LogP contribution in [0.5, 0.6) is 0 Å². The van der Waals surface area contributed by atoms with Crippen LogP contribution in [-0.2, 0) is 0 Å². The van der Waals surface area contributed by atoms with Crippen molar-refractivity contribution < 1.29 is 0 Å². The van der Waals surface area contributed by atoms with Gasteiger partial charge in [-0.05, 0) is 44.6 Å². The maximum Gasteiger partial charge on any atom is 0.0338 e. The lowest BCUT2D eigenvalue weighted by molar-refractivity contribution is 0.0428. The molecule has 2 atom stereocenters. The monoisotopic (exact) mass is 256 g/mol. The summed E-state index contributed by atoms with van der Waals surface area (Å²) in [7, 11) is 0. The van der Waals surface area contributed by atoms with E-state index in [0.717, 1.165) is 25.6 Å². The molecule has 1 saturated heterocycles. The first-order chi connectivity index (χ1) is 8.10. The van der Waals surface area contributed by atoms with Gasteiger partial charge in [-0.2, -0.15) is 0 Å². The maximum absolute atomic E-state index is 5.83. The molecule has 1 heterocycles. The Bertz CT molecular complexity index is 299. The molecule has 98 valence electrons. The minimum Gasteiger partial charge on any atom is -0.311 e. The molecular formula is C14H25ClN2. The van der Waals surface area contributed by atoms with Crippen molar-refractivity contribution in [3.05, 3.63) is 11.1 Å². The number of nitrogens with zero attached hydrogens (tertiary/aromatic N) is 1. The number of hydrogen-bond acceptors (Lipinski definition) is 2. The number of halogens is 1. The van der Waals surface area contributed by atoms with Gasteiger partial charge >= 0.3 is 0 Å². The Kier molecular flexibility index (Phi) is 4.17. The summed E-state index contributed by atoms with van der Waals surface area (Å²) in [6, 6.07) is 0.643. The van der Waals surface area contributed by atoms with E-state index in [1.165, 1.54) is 24.8 Å². The van der Waals surface area contributed by atoms with Gasteiger partial charge in [0, 0.05) is 36.8 Å². The Labute approximate surface area is 110 Å². The fraction of sp³-hybridized carbons (Fsp3) is 0.857. The normalized spacial score (nSPS) is 36.2. The van der Waals surface area contributed by atoms with E-state index in [1.54, 1.807) is 5.54 Å². The first kappa shape index (κ1) is 13.4. The van der Waals surface area contributed by atoms with Crippen LogP contribution in [0.25, 0.3) is 0 Å². The van der Waals surface area contributed by atoms with Gasteiger partial charge in [0.1, 0.15) is 0 Å². The highest BCUT2D eigenvalue weighted by atomic mass is 35.5. The molecule has 2 nitrogen and oxygen atoms in total. The quantitative estimate of drug-likeness (QED) is 0.832. The molecule has 1 saturated carbocycles. The second-order valence-electron chi connectivity index (χ2n) is 5.95. The average Bonchev–Trinajstić information content (AvgIpc) is 3.16. The van der Waals surface area contributed by atoms with Crippen LogP contribution in [0.1, 0.15) is 40.0 Å². The van der Waals surface area contributed by atoms with Crippen molar-refractivity contribution in [2.45, 2.75) is 51.6 Å². The lowest BCUT2D eigenvalue weighted by Gasteiger charge is -2.49. The van der Waals surface area contributed by atoms with Crippen LogP contribution >= 0.6 is 11.6 Å². The molecule has 2 unspecified atom stereocenters. The standard InChI is InChI=1S/C14H25ClN2/c1-4-13-9-17(8-11(2)7-15)14(3,10-16-13)12-5-6-12/h7,12-13,16H,4-6,8-10H2,1-3H3. The summed E-state index contributed by atoms with van der Waals surface area (Å²) in [4.78, 5) is 2.66. The third-order valence-corrected chi connectivity index (χ3v) is 4.86. The molecule has 0 radical (unpaired) electrons. The molecule has 0 aromatic rings. The first-order valence-corrected chi connectivity index (χ1v) is 7.28. The fourth-order valence-electron chi connectivity index (χ4n) is 2.96. The summed E-state index contributed by atoms with van der Waals surface area (Å²) < 4.78 is 0. The van der Waals surface area contributed by atoms with Crippen LogP contribution in [0.2, 0.25) is 0 Å². The molecule has 0 amide bonds. The van der Waals surface area contributed by atoms with Gasteiger partial charge in [0.2, 0.25) is 0 Å². The van der Waals surface area contributed by atoms with Crippen LogP contribution < -0.4 is 5.32 Å². The van der Waals surface area contributed by atoms with E-state index in [4.69, 9.17) is 11.6 Å². The Balaban J connectivity index is 2.08. The number of piperazine rings is 1. The van der Waals surface area contributed by atoms with Gasteiger partial charge < -0.3 is 5.32 Å². The topological polar surface area (TPSA) is 15.3 Å². The predicted molar refractivity (Wildman–Crippen MR) is 74.4 cm³/mol. The number of hydrogen-bond donors (Lipinski definition) is 1. The summed E-state index contributed by atoms with van der Waals surface area (Å²) in [6.45, 7) is 10.1. The van der Waals surface area contributed by atoms with E-state index in [-0.39, 0.29) is 0 Å². The van der Waals surface area contributed by atoms with Crippen molar-refractivity contribution in [2.24, 2.45) is 5.92 Å². The predicted octanol–water partition coefficient (Wildman–Crippen LogP) is 2.98. The fourth-order valence-corrected chi connectivity index (χ4v) is 3.03. The van der Waals surface area contributed by atoms with Crippen molar-refractivity contribution in [3.8, 4) is 0 Å². The minimum atomic E-state index is 0.340. The van der Waals surface area contributed by atoms with Crippen molar-refractivity contribution >= 4 is 11.6 Å². The Morgan fingerprint density at radius 3 is 2.76 bits per heavy atom. The van der Waals surface area contributed by atoms with Crippen LogP contribution in [0.15, 0.2) is 11.1 Å². The summed E-state index contributed by atoms with van der Waals surface area (Å²) in [5.74, 6) is 0.885. The van der Waals surface area contributed by atoms with Gasteiger partial charge in [-0.15, -0.1) is 0 Å². The molecule has 0 bridgehead atoms. The second-order valence-corrected chi connectivity index (χ2v) is 6.17. The number of rotatable bonds is 4. The summed E-state index contributed by atoms with van der Waals surface area (Å²) in [5.41, 5.74) is 3.35. The van der Waals surface area contributed by atoms with Gasteiger partial charge in [-0.25, -0.2) is 0 Å². The maximum atomic E-state index is 5.83. The Morgan fingerprint density at radius 2 is 2.24 bits per heavy atom. The van der Waals surface area contributed by atoms with E-state index >= 15 is 0 Å². The molecule has 1 aliphatic carbocycles. The highest BCUT2D eigenvalue weighted by Crippen LogP contribution is 2.44. The molecule has 0 spiro atoms. The molecule has 0 aromatic heterocycles. The molecule has 2 rings (SSSR count). The van der Waals surface area contributed by atoms with Crippen LogP contribution in [-0.4, -0.2) is 36.1 Å². The molecule has 0 aromatic carbocycles. The second kappa shape index (κ2) is 5.29. The third kappa shape index (κ3) is 2.86. The molecule has 17 heavy (non-hydrogen) atoms. The van der Waals surface area contributed by atoms with Crippen molar-refractivity contribution in [1.82, 2.24) is 10.2 Å². The molecule has 1 N–H and O–H groups in total. The Morgan fingerprint density at radius 1 is 1.53 bits per heavy atom. The summed E-state index contributed by atoms with van der Waals surface area (Å²) in [6.07, 6.45) is 4.01. The van der Waals surface area contributed by atoms with Gasteiger partial charge in [-0.1, -0.05) is 18.5 Å².